The zero-order valence-electron chi connectivity index (χ0n) is 10.8. The van der Waals surface area contributed by atoms with E-state index in [4.69, 9.17) is 9.47 Å². The van der Waals surface area contributed by atoms with Crippen molar-refractivity contribution in [1.82, 2.24) is 0 Å². The lowest BCUT2D eigenvalue weighted by molar-refractivity contribution is -0.142. The Labute approximate surface area is 102 Å². The summed E-state index contributed by atoms with van der Waals surface area (Å²) in [5.74, 6) is 0.132. The number of hydrogen-bond donors (Lipinski definition) is 1. The topological polar surface area (TPSA) is 55.8 Å². The van der Waals surface area contributed by atoms with Crippen LogP contribution in [0.3, 0.4) is 0 Å². The average Bonchev–Trinajstić information content (AvgIpc) is 2.34. The van der Waals surface area contributed by atoms with Crippen molar-refractivity contribution in [3.05, 3.63) is 23.8 Å². The molecule has 0 unspecified atom stereocenters. The molecule has 1 aromatic rings. The number of aromatic hydroxyl groups is 1. The molecule has 0 aliphatic rings. The molecule has 0 saturated heterocycles. The molecule has 0 aliphatic carbocycles. The molecule has 0 spiro atoms. The van der Waals surface area contributed by atoms with Crippen LogP contribution in [0.1, 0.15) is 26.3 Å². The summed E-state index contributed by atoms with van der Waals surface area (Å²) >= 11 is 0. The van der Waals surface area contributed by atoms with Gasteiger partial charge in [-0.3, -0.25) is 4.79 Å². The molecule has 0 radical (unpaired) electrons. The molecule has 96 valence electrons. The van der Waals surface area contributed by atoms with E-state index in [0.717, 1.165) is 5.56 Å². The molecular formula is C13H20O4. The Balaban J connectivity index is 0.00000121. The van der Waals surface area contributed by atoms with E-state index in [1.165, 1.54) is 13.2 Å². The summed E-state index contributed by atoms with van der Waals surface area (Å²) in [6.07, 6.45) is 0.185. The van der Waals surface area contributed by atoms with Crippen molar-refractivity contribution in [2.45, 2.75) is 27.2 Å². The highest BCUT2D eigenvalue weighted by atomic mass is 16.5. The number of methoxy groups -OCH3 is 1. The van der Waals surface area contributed by atoms with E-state index in [-0.39, 0.29) is 18.1 Å². The van der Waals surface area contributed by atoms with Crippen LogP contribution in [-0.2, 0) is 16.0 Å². The van der Waals surface area contributed by atoms with E-state index in [0.29, 0.717) is 12.4 Å². The van der Waals surface area contributed by atoms with Crippen molar-refractivity contribution in [1.29, 1.82) is 0 Å². The first kappa shape index (κ1) is 15.3. The minimum Gasteiger partial charge on any atom is -0.504 e. The van der Waals surface area contributed by atoms with E-state index < -0.39 is 0 Å². The average molecular weight is 240 g/mol. The predicted octanol–water partition coefficient (Wildman–Crippen LogP) is 2.53. The van der Waals surface area contributed by atoms with Gasteiger partial charge in [-0.05, 0) is 24.6 Å². The molecule has 1 rings (SSSR count). The van der Waals surface area contributed by atoms with Gasteiger partial charge in [-0.25, -0.2) is 0 Å². The third-order valence-electron chi connectivity index (χ3n) is 1.90. The van der Waals surface area contributed by atoms with E-state index in [9.17, 15) is 9.90 Å². The van der Waals surface area contributed by atoms with Crippen LogP contribution in [0.2, 0.25) is 0 Å². The van der Waals surface area contributed by atoms with Gasteiger partial charge in [-0.15, -0.1) is 0 Å². The Morgan fingerprint density at radius 2 is 2.00 bits per heavy atom. The highest BCUT2D eigenvalue weighted by Gasteiger charge is 2.07. The van der Waals surface area contributed by atoms with Crippen LogP contribution >= 0.6 is 0 Å². The molecule has 0 bridgehead atoms. The van der Waals surface area contributed by atoms with Crippen LogP contribution in [0.25, 0.3) is 0 Å². The van der Waals surface area contributed by atoms with Crippen LogP contribution in [0, 0.1) is 0 Å². The maximum Gasteiger partial charge on any atom is 0.310 e. The quantitative estimate of drug-likeness (QED) is 0.822. The second-order valence-electron chi connectivity index (χ2n) is 2.99. The van der Waals surface area contributed by atoms with Gasteiger partial charge >= 0.3 is 5.97 Å². The van der Waals surface area contributed by atoms with Gasteiger partial charge in [0.25, 0.3) is 0 Å². The summed E-state index contributed by atoms with van der Waals surface area (Å²) in [4.78, 5) is 11.2. The Hall–Kier alpha value is -1.71. The van der Waals surface area contributed by atoms with Crippen molar-refractivity contribution in [3.8, 4) is 11.5 Å². The molecule has 0 fully saturated rings. The normalized spacial score (nSPS) is 8.94. The molecule has 0 aromatic heterocycles. The van der Waals surface area contributed by atoms with Gasteiger partial charge in [-0.1, -0.05) is 19.9 Å². The second kappa shape index (κ2) is 8.44. The zero-order chi connectivity index (χ0) is 13.3. The van der Waals surface area contributed by atoms with Crippen LogP contribution in [0.15, 0.2) is 18.2 Å². The second-order valence-corrected chi connectivity index (χ2v) is 2.99. The van der Waals surface area contributed by atoms with Crippen molar-refractivity contribution < 1.29 is 19.4 Å². The lowest BCUT2D eigenvalue weighted by atomic mass is 10.1. The summed E-state index contributed by atoms with van der Waals surface area (Å²) in [6, 6.07) is 4.77. The number of carbonyl (C=O) groups is 1. The van der Waals surface area contributed by atoms with Gasteiger partial charge in [0.2, 0.25) is 0 Å². The number of benzene rings is 1. The van der Waals surface area contributed by atoms with Crippen LogP contribution in [-0.4, -0.2) is 24.8 Å². The number of phenols is 1. The summed E-state index contributed by atoms with van der Waals surface area (Å²) < 4.78 is 9.73. The van der Waals surface area contributed by atoms with Crippen LogP contribution in [0.4, 0.5) is 0 Å². The molecule has 0 aliphatic heterocycles. The summed E-state index contributed by atoms with van der Waals surface area (Å²) in [7, 11) is 1.46. The fraction of sp³-hybridized carbons (Fsp3) is 0.462. The van der Waals surface area contributed by atoms with Gasteiger partial charge < -0.3 is 14.6 Å². The third-order valence-corrected chi connectivity index (χ3v) is 1.90. The molecule has 1 N–H and O–H groups in total. The fourth-order valence-electron chi connectivity index (χ4n) is 1.21. The molecular weight excluding hydrogens is 220 g/mol. The molecule has 1 aromatic carbocycles. The Kier molecular flexibility index (Phi) is 7.59. The van der Waals surface area contributed by atoms with Gasteiger partial charge in [0.05, 0.1) is 20.1 Å². The van der Waals surface area contributed by atoms with Gasteiger partial charge in [0.1, 0.15) is 0 Å². The number of rotatable bonds is 4. The first-order valence-electron chi connectivity index (χ1n) is 5.69. The molecule has 0 atom stereocenters. The Morgan fingerprint density at radius 3 is 2.53 bits per heavy atom. The van der Waals surface area contributed by atoms with Crippen molar-refractivity contribution in [2.24, 2.45) is 0 Å². The standard InChI is InChI=1S/C11H14O4.C2H6/c1-3-15-11(13)7-8-4-5-9(12)10(6-8)14-2;1-2/h4-6,12H,3,7H2,1-2H3;1-2H3. The smallest absolute Gasteiger partial charge is 0.310 e. The molecule has 17 heavy (non-hydrogen) atoms. The largest absolute Gasteiger partial charge is 0.504 e. The van der Waals surface area contributed by atoms with E-state index >= 15 is 0 Å². The molecule has 0 saturated carbocycles. The minimum absolute atomic E-state index is 0.0603. The number of hydrogen-bond acceptors (Lipinski definition) is 4. The molecule has 0 heterocycles. The van der Waals surface area contributed by atoms with E-state index in [1.807, 2.05) is 13.8 Å². The lowest BCUT2D eigenvalue weighted by Gasteiger charge is -2.06. The maximum atomic E-state index is 11.2. The van der Waals surface area contributed by atoms with Crippen molar-refractivity contribution in [2.75, 3.05) is 13.7 Å². The summed E-state index contributed by atoms with van der Waals surface area (Å²) in [6.45, 7) is 6.13. The van der Waals surface area contributed by atoms with Gasteiger partial charge in [-0.2, -0.15) is 0 Å². The van der Waals surface area contributed by atoms with Gasteiger partial charge in [0, 0.05) is 0 Å². The van der Waals surface area contributed by atoms with Crippen LogP contribution in [0.5, 0.6) is 11.5 Å². The molecule has 0 amide bonds. The fourth-order valence-corrected chi connectivity index (χ4v) is 1.21. The predicted molar refractivity (Wildman–Crippen MR) is 66.3 cm³/mol. The lowest BCUT2D eigenvalue weighted by Crippen LogP contribution is -2.07. The van der Waals surface area contributed by atoms with Gasteiger partial charge in [0.15, 0.2) is 11.5 Å². The van der Waals surface area contributed by atoms with E-state index in [2.05, 4.69) is 0 Å². The maximum absolute atomic E-state index is 11.2. The Bertz CT molecular complexity index is 347. The van der Waals surface area contributed by atoms with Crippen molar-refractivity contribution >= 4 is 5.97 Å². The first-order chi connectivity index (χ1) is 8.17. The Morgan fingerprint density at radius 1 is 1.35 bits per heavy atom. The SMILES string of the molecule is CC.CCOC(=O)Cc1ccc(O)c(OC)c1. The third kappa shape index (κ3) is 5.24. The minimum atomic E-state index is -0.287. The summed E-state index contributed by atoms with van der Waals surface area (Å²) in [5.41, 5.74) is 0.753. The number of esters is 1. The number of phenolic OH excluding ortho intramolecular Hbond substituents is 1. The number of carbonyl (C=O) groups excluding carboxylic acids is 1. The van der Waals surface area contributed by atoms with Crippen molar-refractivity contribution in [3.63, 3.8) is 0 Å². The monoisotopic (exact) mass is 240 g/mol. The highest BCUT2D eigenvalue weighted by Crippen LogP contribution is 2.26. The van der Waals surface area contributed by atoms with E-state index in [1.54, 1.807) is 19.1 Å². The van der Waals surface area contributed by atoms with Crippen LogP contribution < -0.4 is 4.74 Å². The highest BCUT2D eigenvalue weighted by molar-refractivity contribution is 5.72. The summed E-state index contributed by atoms with van der Waals surface area (Å²) in [5, 5.41) is 9.33. The molecule has 4 nitrogen and oxygen atoms in total. The first-order valence-corrected chi connectivity index (χ1v) is 5.69. The zero-order valence-corrected chi connectivity index (χ0v) is 10.8. The number of ether oxygens (including phenoxy) is 2. The molecule has 4 heteroatoms.